The minimum Gasteiger partial charge on any atom is -0.500 e. The van der Waals surface area contributed by atoms with Gasteiger partial charge in [0.15, 0.2) is 12.0 Å². The number of aryl methyl sites for hydroxylation is 3. The van der Waals surface area contributed by atoms with Crippen LogP contribution in [0.5, 0.6) is 0 Å². The van der Waals surface area contributed by atoms with Gasteiger partial charge < -0.3 is 15.4 Å². The van der Waals surface area contributed by atoms with Gasteiger partial charge in [0.25, 0.3) is 0 Å². The Kier molecular flexibility index (Phi) is 45.5. The van der Waals surface area contributed by atoms with Gasteiger partial charge in [0.1, 0.15) is 36.5 Å². The number of imide groups is 1. The van der Waals surface area contributed by atoms with E-state index in [0.717, 1.165) is 89.9 Å². The van der Waals surface area contributed by atoms with Gasteiger partial charge in [-0.15, -0.1) is 0 Å². The summed E-state index contributed by atoms with van der Waals surface area (Å²) >= 11 is 0. The van der Waals surface area contributed by atoms with E-state index in [4.69, 9.17) is 4.74 Å². The zero-order valence-electron chi connectivity index (χ0n) is 61.3. The molecule has 5 unspecified atom stereocenters. The number of fused-ring (bicyclic) bond motifs is 1. The minimum atomic E-state index is -0.385. The Morgan fingerprint density at radius 3 is 1.87 bits per heavy atom. The van der Waals surface area contributed by atoms with Crippen LogP contribution in [-0.2, 0) is 24.5 Å². The van der Waals surface area contributed by atoms with Crippen molar-refractivity contribution in [2.45, 2.75) is 304 Å². The molecular formula is C79H134N5O5+. The molecule has 0 spiro atoms. The molecule has 0 radical (unpaired) electrons. The fourth-order valence-electron chi connectivity index (χ4n) is 10.5. The molecule has 1 aliphatic carbocycles. The average molecular weight is 1230 g/mol. The van der Waals surface area contributed by atoms with E-state index in [1.54, 1.807) is 14.0 Å². The number of ketones is 2. The summed E-state index contributed by atoms with van der Waals surface area (Å²) in [7, 11) is 3.73. The van der Waals surface area contributed by atoms with E-state index in [1.165, 1.54) is 131 Å². The van der Waals surface area contributed by atoms with Gasteiger partial charge in [0.05, 0.1) is 30.6 Å². The second-order valence-electron chi connectivity index (χ2n) is 26.2. The molecule has 5 atom stereocenters. The number of amides is 2. The molecule has 2 amide bonds. The Balaban J connectivity index is 0.00000114. The van der Waals surface area contributed by atoms with Gasteiger partial charge in [-0.05, 0) is 143 Å². The largest absolute Gasteiger partial charge is 0.500 e. The molecule has 2 fully saturated rings. The molecule has 504 valence electrons. The number of benzene rings is 2. The topological polar surface area (TPSA) is 130 Å². The number of ether oxygens (including phenoxy) is 1. The standard InChI is InChI=1S/C26H30N4O2.C16H24O.C11H24.C9H20.C6H9NO2.C5H10.C4H10.C2H6/c1-17-9-10-21-23(13-17)29-26(28-21)8-6-5-7-24(31)19-14-18(2)27-22(15-19)20-16-30(3)12-11-25(20)32-4;1-7-11(2)14-10-8-9-12(3)15(14)16(5,6)13(4)17;1-5-7-11(4)9-8-10(3)6-2;1-4-6-7-8-9(3)5-2;1-4-2-3-5(8)7-6(4)9;1-2-4-5-3-1;1-3-4-2;1-2/h8-10,13-16H,5-7,11-12H2,1-4H3,(H-,27,28,29,31);8-11H,7H2,1-6H3;10-11H,5-9H2,1-4H3;9H,4-8H2,1-3H3;4H,2-3H2,1H3,(H,7,8,9);1-5H2;3-4H2,1-2H3;1-2H3/p+1/b26-8-;;;;;;;. The molecule has 3 aliphatic heterocycles. The molecule has 10 heteroatoms. The van der Waals surface area contributed by atoms with Crippen molar-refractivity contribution >= 4 is 46.5 Å². The maximum Gasteiger partial charge on any atom is 0.229 e. The van der Waals surface area contributed by atoms with Crippen LogP contribution in [0.15, 0.2) is 66.2 Å². The lowest BCUT2D eigenvalue weighted by molar-refractivity contribution is -0.492. The predicted octanol–water partition coefficient (Wildman–Crippen LogP) is 22.0. The summed E-state index contributed by atoms with van der Waals surface area (Å²) in [4.78, 5) is 50.6. The van der Waals surface area contributed by atoms with Crippen molar-refractivity contribution in [3.63, 3.8) is 0 Å². The number of carbonyl (C=O) groups is 4. The molecular weight excluding hydrogens is 1100 g/mol. The third-order valence-electron chi connectivity index (χ3n) is 17.7. The first-order valence-corrected chi connectivity index (χ1v) is 35.5. The van der Waals surface area contributed by atoms with Crippen molar-refractivity contribution in [2.24, 2.45) is 23.7 Å². The summed E-state index contributed by atoms with van der Waals surface area (Å²) in [5.41, 5.74) is 10.1. The molecule has 3 N–H and O–H groups in total. The van der Waals surface area contributed by atoms with Crippen LogP contribution in [0.1, 0.15) is 322 Å². The number of carbonyl (C=O) groups excluding carboxylic acids is 4. The van der Waals surface area contributed by atoms with Gasteiger partial charge in [-0.1, -0.05) is 230 Å². The Bertz CT molecular complexity index is 2560. The molecule has 3 aromatic rings. The number of hydrogen-bond donors (Lipinski definition) is 3. The number of unbranched alkanes of at least 4 members (excludes halogenated alkanes) is 4. The Labute approximate surface area is 547 Å². The van der Waals surface area contributed by atoms with E-state index < -0.39 is 0 Å². The van der Waals surface area contributed by atoms with E-state index in [9.17, 15) is 19.2 Å². The molecule has 89 heavy (non-hydrogen) atoms. The van der Waals surface area contributed by atoms with Gasteiger partial charge in [0.2, 0.25) is 11.8 Å². The number of aromatic nitrogens is 1. The SMILES string of the molecule is C1CCCC1.CC.CC1CCC(=O)NC1=O.CCC(C)c1cccc(C)c1C(C)(C)C(C)=O.CCCC.CCCC(C)CCC(C)CC.CCCCCC(C)CC.COC1=C(c2cc(C(=O)CCC/C=C3/Nc4ccc(C)cc4N3)cc(C)n2)C=[N+](C)CC1. The number of pyridine rings is 1. The van der Waals surface area contributed by atoms with Crippen molar-refractivity contribution in [2.75, 3.05) is 31.3 Å². The number of nitrogens with one attached hydrogen (secondary N) is 3. The second kappa shape index (κ2) is 48.4. The van der Waals surface area contributed by atoms with Gasteiger partial charge in [-0.2, -0.15) is 0 Å². The lowest BCUT2D eigenvalue weighted by Gasteiger charge is -2.29. The molecule has 1 aromatic heterocycles. The zero-order valence-corrected chi connectivity index (χ0v) is 61.3. The third-order valence-corrected chi connectivity index (χ3v) is 17.7. The summed E-state index contributed by atoms with van der Waals surface area (Å²) in [6.45, 7) is 43.6. The first kappa shape index (κ1) is 83.6. The third kappa shape index (κ3) is 34.0. The predicted molar refractivity (Wildman–Crippen MR) is 386 cm³/mol. The molecule has 10 nitrogen and oxygen atoms in total. The van der Waals surface area contributed by atoms with Crippen molar-refractivity contribution in [1.29, 1.82) is 0 Å². The second-order valence-corrected chi connectivity index (χ2v) is 26.2. The van der Waals surface area contributed by atoms with E-state index in [-0.39, 0.29) is 34.7 Å². The number of rotatable bonds is 23. The Hall–Kier alpha value is -5.38. The van der Waals surface area contributed by atoms with Crippen molar-refractivity contribution in [3.8, 4) is 0 Å². The maximum atomic E-state index is 12.9. The van der Waals surface area contributed by atoms with Crippen LogP contribution in [0.2, 0.25) is 0 Å². The molecule has 1 saturated carbocycles. The Morgan fingerprint density at radius 2 is 1.33 bits per heavy atom. The fourth-order valence-corrected chi connectivity index (χ4v) is 10.5. The maximum absolute atomic E-state index is 12.9. The smallest absolute Gasteiger partial charge is 0.229 e. The van der Waals surface area contributed by atoms with E-state index in [0.29, 0.717) is 30.7 Å². The lowest BCUT2D eigenvalue weighted by Crippen LogP contribution is -2.39. The summed E-state index contributed by atoms with van der Waals surface area (Å²) < 4.78 is 7.71. The van der Waals surface area contributed by atoms with Gasteiger partial charge in [0, 0.05) is 35.4 Å². The van der Waals surface area contributed by atoms with Crippen molar-refractivity contribution in [3.05, 3.63) is 105 Å². The first-order valence-electron chi connectivity index (χ1n) is 35.5. The van der Waals surface area contributed by atoms with Crippen LogP contribution in [0.3, 0.4) is 0 Å². The van der Waals surface area contributed by atoms with Crippen LogP contribution in [0.4, 0.5) is 11.4 Å². The van der Waals surface area contributed by atoms with Crippen LogP contribution in [0, 0.1) is 44.4 Å². The average Bonchev–Trinajstić information content (AvgIpc) is 2.93. The highest BCUT2D eigenvalue weighted by molar-refractivity contribution is 6.09. The highest BCUT2D eigenvalue weighted by Crippen LogP contribution is 2.36. The lowest BCUT2D eigenvalue weighted by atomic mass is 9.74. The number of hydrogen-bond acceptors (Lipinski definition) is 8. The first-order chi connectivity index (χ1) is 42.4. The van der Waals surface area contributed by atoms with Crippen molar-refractivity contribution in [1.82, 2.24) is 10.3 Å². The van der Waals surface area contributed by atoms with Crippen LogP contribution in [0.25, 0.3) is 5.57 Å². The highest BCUT2D eigenvalue weighted by atomic mass is 16.5. The molecule has 4 aliphatic rings. The number of methoxy groups -OCH3 is 1. The molecule has 4 heterocycles. The number of allylic oxidation sites excluding steroid dienone is 2. The fraction of sp³-hybridized carbons (Fsp3) is 0.671. The highest BCUT2D eigenvalue weighted by Gasteiger charge is 2.31. The molecule has 2 aromatic carbocycles. The van der Waals surface area contributed by atoms with Crippen molar-refractivity contribution < 1.29 is 28.5 Å². The van der Waals surface area contributed by atoms with Gasteiger partial charge in [-0.3, -0.25) is 29.5 Å². The van der Waals surface area contributed by atoms with E-state index >= 15 is 0 Å². The van der Waals surface area contributed by atoms with Crippen LogP contribution < -0.4 is 16.0 Å². The quantitative estimate of drug-likeness (QED) is 0.0371. The molecule has 7 rings (SSSR count). The summed E-state index contributed by atoms with van der Waals surface area (Å²) in [6, 6.07) is 16.4. The summed E-state index contributed by atoms with van der Waals surface area (Å²) in [5, 5.41) is 9.02. The van der Waals surface area contributed by atoms with Crippen LogP contribution in [-0.4, -0.2) is 59.9 Å². The van der Waals surface area contributed by atoms with E-state index in [1.807, 2.05) is 66.9 Å². The van der Waals surface area contributed by atoms with Gasteiger partial charge >= 0.3 is 0 Å². The minimum absolute atomic E-state index is 0.0164. The monoisotopic (exact) mass is 1230 g/mol. The molecule has 0 bridgehead atoms. The van der Waals surface area contributed by atoms with Gasteiger partial charge in [-0.25, -0.2) is 4.58 Å². The summed E-state index contributed by atoms with van der Waals surface area (Å²) in [5.74, 6) is 5.37. The number of nitrogens with zero attached hydrogens (tertiary/aromatic N) is 2. The number of Topliss-reactive ketones (excluding diaryl/α,β-unsaturated/α-hetero) is 2. The summed E-state index contributed by atoms with van der Waals surface area (Å²) in [6.07, 6.45) is 33.5. The normalized spacial score (nSPS) is 16.4. The van der Waals surface area contributed by atoms with Crippen LogP contribution >= 0.6 is 0 Å². The number of piperidine rings is 1. The molecule has 1 saturated heterocycles. The number of anilines is 2. The zero-order chi connectivity index (χ0) is 67.5. The van der Waals surface area contributed by atoms with E-state index in [2.05, 4.69) is 158 Å². The Morgan fingerprint density at radius 1 is 0.719 bits per heavy atom.